The van der Waals surface area contributed by atoms with Crippen LogP contribution in [-0.2, 0) is 0 Å². The number of rotatable bonds is 9. The van der Waals surface area contributed by atoms with E-state index in [1.54, 1.807) is 0 Å². The summed E-state index contributed by atoms with van der Waals surface area (Å²) in [6.07, 6.45) is 0. The zero-order valence-electron chi connectivity index (χ0n) is 37.7. The van der Waals surface area contributed by atoms with Crippen LogP contribution in [0.25, 0.3) is 105 Å². The van der Waals surface area contributed by atoms with E-state index < -0.39 is 0 Å². The van der Waals surface area contributed by atoms with Gasteiger partial charge in [0.15, 0.2) is 0 Å². The van der Waals surface area contributed by atoms with Crippen LogP contribution in [0.15, 0.2) is 271 Å². The van der Waals surface area contributed by atoms with Crippen molar-refractivity contribution < 1.29 is 4.42 Å². The Labute approximate surface area is 401 Å². The lowest BCUT2D eigenvalue weighted by atomic mass is 9.98. The van der Waals surface area contributed by atoms with Crippen LogP contribution in [0.5, 0.6) is 0 Å². The first kappa shape index (κ1) is 40.1. The Hall–Kier alpha value is -9.18. The van der Waals surface area contributed by atoms with E-state index in [9.17, 15) is 0 Å². The minimum Gasteiger partial charge on any atom is -0.456 e. The fourth-order valence-corrected chi connectivity index (χ4v) is 10.2. The second-order valence-electron chi connectivity index (χ2n) is 17.7. The largest absolute Gasteiger partial charge is 0.456 e. The Balaban J connectivity index is 0.865. The molecule has 0 atom stereocenters. The third-order valence-corrected chi connectivity index (χ3v) is 13.6. The number of anilines is 3. The van der Waals surface area contributed by atoms with Gasteiger partial charge in [-0.15, -0.1) is 0 Å². The average molecular weight is 881 g/mol. The fraction of sp³-hybridized carbons (Fsp3) is 0. The Kier molecular flexibility index (Phi) is 9.84. The predicted molar refractivity (Wildman–Crippen MR) is 290 cm³/mol. The molecule has 0 aliphatic heterocycles. The lowest BCUT2D eigenvalue weighted by Gasteiger charge is -2.26. The Morgan fingerprint density at radius 3 is 1.41 bits per heavy atom. The first-order chi connectivity index (χ1) is 34.2. The number of nitrogens with zero attached hydrogens (tertiary/aromatic N) is 2. The van der Waals surface area contributed by atoms with Gasteiger partial charge in [0.2, 0.25) is 0 Å². The van der Waals surface area contributed by atoms with Crippen molar-refractivity contribution in [2.24, 2.45) is 0 Å². The SMILES string of the molecule is c1ccc(-c2cccc(-c3cccc(N(c4ccc(-c5ccc(-c6ccc7c(c6)oc6ccccc67)cc5)cc4)c4ccc(-c5ccccc5-n5c6ccccc6c6ccccc65)cc4)c3)c2)cc1. The summed E-state index contributed by atoms with van der Waals surface area (Å²) in [5, 5.41) is 4.79. The Morgan fingerprint density at radius 2 is 0.710 bits per heavy atom. The maximum Gasteiger partial charge on any atom is 0.136 e. The van der Waals surface area contributed by atoms with Crippen molar-refractivity contribution in [2.75, 3.05) is 4.90 Å². The van der Waals surface area contributed by atoms with Gasteiger partial charge in [-0.05, 0) is 129 Å². The van der Waals surface area contributed by atoms with Crippen molar-refractivity contribution >= 4 is 60.8 Å². The van der Waals surface area contributed by atoms with Crippen molar-refractivity contribution in [1.82, 2.24) is 4.57 Å². The number of para-hydroxylation sites is 4. The van der Waals surface area contributed by atoms with Gasteiger partial charge in [0.1, 0.15) is 11.2 Å². The van der Waals surface area contributed by atoms with Crippen LogP contribution in [0.4, 0.5) is 17.1 Å². The van der Waals surface area contributed by atoms with Crippen molar-refractivity contribution in [3.8, 4) is 61.3 Å². The van der Waals surface area contributed by atoms with E-state index in [1.165, 1.54) is 44.1 Å². The summed E-state index contributed by atoms with van der Waals surface area (Å²) < 4.78 is 8.63. The number of benzene rings is 11. The molecule has 13 rings (SSSR count). The van der Waals surface area contributed by atoms with Crippen molar-refractivity contribution in [2.45, 2.75) is 0 Å². The quantitative estimate of drug-likeness (QED) is 0.144. The van der Waals surface area contributed by atoms with Crippen LogP contribution in [-0.4, -0.2) is 4.57 Å². The molecule has 324 valence electrons. The van der Waals surface area contributed by atoms with Crippen LogP contribution in [0.3, 0.4) is 0 Å². The van der Waals surface area contributed by atoms with Gasteiger partial charge in [-0.1, -0.05) is 188 Å². The summed E-state index contributed by atoms with van der Waals surface area (Å²) in [6.45, 7) is 0. The van der Waals surface area contributed by atoms with Gasteiger partial charge in [0.25, 0.3) is 0 Å². The zero-order valence-corrected chi connectivity index (χ0v) is 37.7. The third kappa shape index (κ3) is 7.25. The van der Waals surface area contributed by atoms with E-state index in [0.29, 0.717) is 0 Å². The maximum atomic E-state index is 6.22. The van der Waals surface area contributed by atoms with E-state index in [4.69, 9.17) is 4.42 Å². The van der Waals surface area contributed by atoms with Gasteiger partial charge in [0.05, 0.1) is 16.7 Å². The van der Waals surface area contributed by atoms with Crippen molar-refractivity contribution in [1.29, 1.82) is 0 Å². The molecule has 2 heterocycles. The van der Waals surface area contributed by atoms with E-state index in [-0.39, 0.29) is 0 Å². The van der Waals surface area contributed by atoms with Crippen LogP contribution < -0.4 is 4.90 Å². The molecule has 0 aliphatic rings. The molecular weight excluding hydrogens is 837 g/mol. The van der Waals surface area contributed by atoms with E-state index in [1.807, 2.05) is 12.1 Å². The number of aromatic nitrogens is 1. The molecule has 0 fully saturated rings. The monoisotopic (exact) mass is 880 g/mol. The molecule has 2 aromatic heterocycles. The first-order valence-corrected chi connectivity index (χ1v) is 23.6. The average Bonchev–Trinajstić information content (AvgIpc) is 3.97. The molecule has 3 heteroatoms. The second kappa shape index (κ2) is 16.9. The standard InChI is InChI=1S/C66H44N2O/c1-2-14-45(15-3-1)50-16-12-17-51(42-50)52-18-13-19-56(43-52)67(54-37-32-47(33-38-54)46-28-30-48(31-29-46)53-36-41-61-60-23-7-11-27-65(60)69-66(61)44-53)55-39-34-49(35-40-55)57-20-4-8-24-62(57)68-63-25-9-5-21-58(63)59-22-6-10-26-64(59)68/h1-44H. The molecule has 3 nitrogen and oxygen atoms in total. The first-order valence-electron chi connectivity index (χ1n) is 23.6. The van der Waals surface area contributed by atoms with Crippen molar-refractivity contribution in [3.63, 3.8) is 0 Å². The second-order valence-corrected chi connectivity index (χ2v) is 17.7. The number of fused-ring (bicyclic) bond motifs is 6. The molecule has 0 radical (unpaired) electrons. The van der Waals surface area contributed by atoms with Crippen LogP contribution in [0, 0.1) is 0 Å². The predicted octanol–water partition coefficient (Wildman–Crippen LogP) is 18.5. The Bertz CT molecular complexity index is 3940. The maximum absolute atomic E-state index is 6.22. The third-order valence-electron chi connectivity index (χ3n) is 13.6. The van der Waals surface area contributed by atoms with Gasteiger partial charge in [0, 0.05) is 44.2 Å². The fourth-order valence-electron chi connectivity index (χ4n) is 10.2. The van der Waals surface area contributed by atoms with E-state index in [0.717, 1.165) is 78.1 Å². The molecule has 0 bridgehead atoms. The zero-order chi connectivity index (χ0) is 45.7. The topological polar surface area (TPSA) is 21.3 Å². The van der Waals surface area contributed by atoms with Gasteiger partial charge in [-0.2, -0.15) is 0 Å². The molecular formula is C66H44N2O. The summed E-state index contributed by atoms with van der Waals surface area (Å²) >= 11 is 0. The van der Waals surface area contributed by atoms with Gasteiger partial charge >= 0.3 is 0 Å². The van der Waals surface area contributed by atoms with Crippen LogP contribution >= 0.6 is 0 Å². The molecule has 0 unspecified atom stereocenters. The molecule has 11 aromatic carbocycles. The minimum absolute atomic E-state index is 0.906. The summed E-state index contributed by atoms with van der Waals surface area (Å²) in [6, 6.07) is 96.1. The summed E-state index contributed by atoms with van der Waals surface area (Å²) in [4.78, 5) is 2.37. The molecule has 0 N–H and O–H groups in total. The summed E-state index contributed by atoms with van der Waals surface area (Å²) in [5.74, 6) is 0. The smallest absolute Gasteiger partial charge is 0.136 e. The molecule has 0 saturated heterocycles. The number of hydrogen-bond donors (Lipinski definition) is 0. The summed E-state index contributed by atoms with van der Waals surface area (Å²) in [5.41, 5.74) is 20.2. The van der Waals surface area contributed by atoms with Gasteiger partial charge in [-0.25, -0.2) is 0 Å². The van der Waals surface area contributed by atoms with Crippen LogP contribution in [0.1, 0.15) is 0 Å². The van der Waals surface area contributed by atoms with Gasteiger partial charge in [-0.3, -0.25) is 0 Å². The highest BCUT2D eigenvalue weighted by Crippen LogP contribution is 2.41. The molecule has 0 aliphatic carbocycles. The minimum atomic E-state index is 0.906. The number of hydrogen-bond acceptors (Lipinski definition) is 2. The highest BCUT2D eigenvalue weighted by molar-refractivity contribution is 6.10. The molecule has 69 heavy (non-hydrogen) atoms. The molecule has 13 aromatic rings. The molecule has 0 spiro atoms. The molecule has 0 saturated carbocycles. The summed E-state index contributed by atoms with van der Waals surface area (Å²) in [7, 11) is 0. The van der Waals surface area contributed by atoms with Crippen LogP contribution in [0.2, 0.25) is 0 Å². The number of furan rings is 1. The van der Waals surface area contributed by atoms with E-state index >= 15 is 0 Å². The normalized spacial score (nSPS) is 11.5. The lowest BCUT2D eigenvalue weighted by Crippen LogP contribution is -2.10. The van der Waals surface area contributed by atoms with Gasteiger partial charge < -0.3 is 13.9 Å². The Morgan fingerprint density at radius 1 is 0.261 bits per heavy atom. The highest BCUT2D eigenvalue weighted by atomic mass is 16.3. The van der Waals surface area contributed by atoms with Crippen molar-refractivity contribution in [3.05, 3.63) is 267 Å². The highest BCUT2D eigenvalue weighted by Gasteiger charge is 2.18. The lowest BCUT2D eigenvalue weighted by molar-refractivity contribution is 0.669. The van der Waals surface area contributed by atoms with E-state index in [2.05, 4.69) is 264 Å². The molecule has 0 amide bonds.